The molecule has 70 valence electrons. The number of nitrogens with zero attached hydrogens (tertiary/aromatic N) is 1. The van der Waals surface area contributed by atoms with Gasteiger partial charge >= 0.3 is 0 Å². The number of para-hydroxylation sites is 1. The van der Waals surface area contributed by atoms with E-state index in [0.717, 1.165) is 6.54 Å². The third kappa shape index (κ3) is 1.88. The van der Waals surface area contributed by atoms with E-state index in [4.69, 9.17) is 0 Å². The van der Waals surface area contributed by atoms with Crippen LogP contribution in [0.1, 0.15) is 12.5 Å². The van der Waals surface area contributed by atoms with Crippen LogP contribution in [0.4, 0.5) is 5.69 Å². The van der Waals surface area contributed by atoms with Gasteiger partial charge in [0.2, 0.25) is 0 Å². The molecule has 0 aliphatic carbocycles. The maximum atomic E-state index is 2.27. The number of rotatable bonds is 0. The number of halogens is 1. The van der Waals surface area contributed by atoms with E-state index in [9.17, 15) is 0 Å². The van der Waals surface area contributed by atoms with Gasteiger partial charge < -0.3 is 4.90 Å². The molecule has 1 heterocycles. The SMILES string of the molecule is CC1=CCN(C)c2ccccc21.I. The van der Waals surface area contributed by atoms with Crippen LogP contribution in [0.25, 0.3) is 5.57 Å². The minimum atomic E-state index is 0. The van der Waals surface area contributed by atoms with Crippen molar-refractivity contribution in [2.24, 2.45) is 0 Å². The lowest BCUT2D eigenvalue weighted by Crippen LogP contribution is -2.21. The minimum Gasteiger partial charge on any atom is -0.370 e. The number of benzene rings is 1. The third-order valence-corrected chi connectivity index (χ3v) is 2.41. The summed E-state index contributed by atoms with van der Waals surface area (Å²) in [5.74, 6) is 0. The van der Waals surface area contributed by atoms with Crippen molar-refractivity contribution in [3.8, 4) is 0 Å². The molecule has 0 spiro atoms. The van der Waals surface area contributed by atoms with Gasteiger partial charge in [-0.3, -0.25) is 0 Å². The molecule has 0 aromatic heterocycles. The largest absolute Gasteiger partial charge is 0.370 e. The van der Waals surface area contributed by atoms with E-state index in [1.807, 2.05) is 0 Å². The second-order valence-corrected chi connectivity index (χ2v) is 3.28. The topological polar surface area (TPSA) is 3.24 Å². The van der Waals surface area contributed by atoms with Gasteiger partial charge in [0.1, 0.15) is 0 Å². The molecule has 0 saturated carbocycles. The molecule has 0 saturated heterocycles. The highest BCUT2D eigenvalue weighted by molar-refractivity contribution is 14.0. The summed E-state index contributed by atoms with van der Waals surface area (Å²) in [5, 5.41) is 0. The summed E-state index contributed by atoms with van der Waals surface area (Å²) < 4.78 is 0. The number of anilines is 1. The molecule has 13 heavy (non-hydrogen) atoms. The maximum absolute atomic E-state index is 2.27. The number of likely N-dealkylation sites (N-methyl/N-ethyl adjacent to an activating group) is 1. The van der Waals surface area contributed by atoms with Gasteiger partial charge in [-0.1, -0.05) is 24.3 Å². The lowest BCUT2D eigenvalue weighted by molar-refractivity contribution is 1.01. The van der Waals surface area contributed by atoms with Crippen LogP contribution in [-0.4, -0.2) is 13.6 Å². The van der Waals surface area contributed by atoms with Crippen LogP contribution < -0.4 is 4.90 Å². The van der Waals surface area contributed by atoms with E-state index in [2.05, 4.69) is 49.2 Å². The molecular formula is C11H14IN. The zero-order valence-corrected chi connectivity index (χ0v) is 10.3. The maximum Gasteiger partial charge on any atom is 0.0442 e. The molecule has 1 aliphatic rings. The number of fused-ring (bicyclic) bond motifs is 1. The van der Waals surface area contributed by atoms with E-state index < -0.39 is 0 Å². The van der Waals surface area contributed by atoms with Crippen molar-refractivity contribution in [1.29, 1.82) is 0 Å². The van der Waals surface area contributed by atoms with Crippen molar-refractivity contribution < 1.29 is 0 Å². The van der Waals surface area contributed by atoms with Crippen LogP contribution in [0.3, 0.4) is 0 Å². The van der Waals surface area contributed by atoms with E-state index in [1.165, 1.54) is 16.8 Å². The Morgan fingerprint density at radius 3 is 2.62 bits per heavy atom. The summed E-state index contributed by atoms with van der Waals surface area (Å²) in [6.07, 6.45) is 2.27. The number of allylic oxidation sites excluding steroid dienone is 1. The summed E-state index contributed by atoms with van der Waals surface area (Å²) >= 11 is 0. The standard InChI is InChI=1S/C11H13N.HI/c1-9-7-8-12(2)11-6-4-3-5-10(9)11;/h3-7H,8H2,1-2H3;1H. The van der Waals surface area contributed by atoms with Crippen molar-refractivity contribution in [3.05, 3.63) is 35.9 Å². The smallest absolute Gasteiger partial charge is 0.0442 e. The van der Waals surface area contributed by atoms with Gasteiger partial charge in [0.05, 0.1) is 0 Å². The van der Waals surface area contributed by atoms with Gasteiger partial charge in [-0.25, -0.2) is 0 Å². The predicted molar refractivity (Wildman–Crippen MR) is 68.8 cm³/mol. The highest BCUT2D eigenvalue weighted by Gasteiger charge is 2.11. The highest BCUT2D eigenvalue weighted by Crippen LogP contribution is 2.29. The van der Waals surface area contributed by atoms with E-state index in [1.54, 1.807) is 0 Å². The lowest BCUT2D eigenvalue weighted by atomic mass is 10.0. The Balaban J connectivity index is 0.000000845. The predicted octanol–water partition coefficient (Wildman–Crippen LogP) is 3.16. The van der Waals surface area contributed by atoms with Crippen molar-refractivity contribution >= 4 is 35.2 Å². The Morgan fingerprint density at radius 1 is 1.23 bits per heavy atom. The fraction of sp³-hybridized carbons (Fsp3) is 0.273. The Bertz CT molecular complexity index is 331. The van der Waals surface area contributed by atoms with Gasteiger partial charge in [-0.2, -0.15) is 0 Å². The Labute approximate surface area is 96.5 Å². The average Bonchev–Trinajstić information content (AvgIpc) is 2.12. The summed E-state index contributed by atoms with van der Waals surface area (Å²) in [4.78, 5) is 2.27. The Hall–Kier alpha value is -0.510. The zero-order chi connectivity index (χ0) is 8.55. The van der Waals surface area contributed by atoms with E-state index >= 15 is 0 Å². The van der Waals surface area contributed by atoms with Crippen LogP contribution in [0, 0.1) is 0 Å². The van der Waals surface area contributed by atoms with Crippen molar-refractivity contribution in [2.45, 2.75) is 6.92 Å². The first-order chi connectivity index (χ1) is 5.79. The fourth-order valence-electron chi connectivity index (χ4n) is 1.62. The number of hydrogen-bond acceptors (Lipinski definition) is 1. The molecular weight excluding hydrogens is 273 g/mol. The Morgan fingerprint density at radius 2 is 1.92 bits per heavy atom. The first-order valence-corrected chi connectivity index (χ1v) is 4.26. The van der Waals surface area contributed by atoms with Gasteiger partial charge in [0.25, 0.3) is 0 Å². The first kappa shape index (κ1) is 10.6. The second-order valence-electron chi connectivity index (χ2n) is 3.28. The second kappa shape index (κ2) is 4.13. The summed E-state index contributed by atoms with van der Waals surface area (Å²) in [7, 11) is 2.13. The van der Waals surface area contributed by atoms with Crippen LogP contribution in [0.5, 0.6) is 0 Å². The van der Waals surface area contributed by atoms with Gasteiger partial charge in [0.15, 0.2) is 0 Å². The molecule has 0 atom stereocenters. The minimum absolute atomic E-state index is 0. The van der Waals surface area contributed by atoms with Gasteiger partial charge in [-0.05, 0) is 18.6 Å². The fourth-order valence-corrected chi connectivity index (χ4v) is 1.62. The molecule has 1 aromatic carbocycles. The van der Waals surface area contributed by atoms with Crippen molar-refractivity contribution in [1.82, 2.24) is 0 Å². The van der Waals surface area contributed by atoms with Gasteiger partial charge in [0, 0.05) is 24.8 Å². The molecule has 0 fully saturated rings. The van der Waals surface area contributed by atoms with Crippen LogP contribution >= 0.6 is 24.0 Å². The van der Waals surface area contributed by atoms with Crippen molar-refractivity contribution in [3.63, 3.8) is 0 Å². The van der Waals surface area contributed by atoms with Crippen LogP contribution in [-0.2, 0) is 0 Å². The zero-order valence-electron chi connectivity index (χ0n) is 7.95. The molecule has 0 unspecified atom stereocenters. The quantitative estimate of drug-likeness (QED) is 0.663. The third-order valence-electron chi connectivity index (χ3n) is 2.41. The molecule has 0 N–H and O–H groups in total. The van der Waals surface area contributed by atoms with Gasteiger partial charge in [-0.15, -0.1) is 24.0 Å². The first-order valence-electron chi connectivity index (χ1n) is 4.26. The lowest BCUT2D eigenvalue weighted by Gasteiger charge is -2.25. The summed E-state index contributed by atoms with van der Waals surface area (Å²) in [6.45, 7) is 3.20. The normalized spacial score (nSPS) is 14.3. The molecule has 1 aliphatic heterocycles. The van der Waals surface area contributed by atoms with Crippen LogP contribution in [0.2, 0.25) is 0 Å². The van der Waals surface area contributed by atoms with Crippen molar-refractivity contribution in [2.75, 3.05) is 18.5 Å². The monoisotopic (exact) mass is 287 g/mol. The molecule has 2 heteroatoms. The molecule has 0 radical (unpaired) electrons. The molecule has 2 rings (SSSR count). The molecule has 1 aromatic rings. The average molecular weight is 287 g/mol. The Kier molecular flexibility index (Phi) is 3.36. The molecule has 0 bridgehead atoms. The molecule has 0 amide bonds. The summed E-state index contributed by atoms with van der Waals surface area (Å²) in [6, 6.07) is 8.53. The van der Waals surface area contributed by atoms with E-state index in [0.29, 0.717) is 0 Å². The number of hydrogen-bond donors (Lipinski definition) is 0. The van der Waals surface area contributed by atoms with Crippen LogP contribution in [0.15, 0.2) is 30.3 Å². The highest BCUT2D eigenvalue weighted by atomic mass is 127. The summed E-state index contributed by atoms with van der Waals surface area (Å²) in [5.41, 5.74) is 4.10. The molecule has 1 nitrogen and oxygen atoms in total. The van der Waals surface area contributed by atoms with E-state index in [-0.39, 0.29) is 24.0 Å².